The van der Waals surface area contributed by atoms with Gasteiger partial charge in [-0.15, -0.1) is 0 Å². The standard InChI is InChI=1S/C7H5ClI2/c1-4-2-5(9)3-6(10)7(4)8/h2-3H,1H3. The zero-order valence-electron chi connectivity index (χ0n) is 5.29. The number of aryl methyl sites for hydroxylation is 1. The summed E-state index contributed by atoms with van der Waals surface area (Å²) >= 11 is 10.5. The number of hydrogen-bond donors (Lipinski definition) is 0. The minimum absolute atomic E-state index is 0.876. The number of halogens is 3. The average molecular weight is 378 g/mol. The molecule has 0 saturated carbocycles. The molecule has 3 heteroatoms. The third-order valence-electron chi connectivity index (χ3n) is 1.17. The summed E-state index contributed by atoms with van der Waals surface area (Å²) in [4.78, 5) is 0. The second kappa shape index (κ2) is 3.58. The van der Waals surface area contributed by atoms with E-state index in [0.717, 1.165) is 14.2 Å². The van der Waals surface area contributed by atoms with Crippen molar-refractivity contribution in [2.45, 2.75) is 6.92 Å². The largest absolute Gasteiger partial charge is 0.0829 e. The predicted molar refractivity (Wildman–Crippen MR) is 61.6 cm³/mol. The molecule has 1 rings (SSSR count). The first-order chi connectivity index (χ1) is 4.61. The van der Waals surface area contributed by atoms with Gasteiger partial charge >= 0.3 is 0 Å². The van der Waals surface area contributed by atoms with Crippen molar-refractivity contribution in [2.24, 2.45) is 0 Å². The maximum absolute atomic E-state index is 5.94. The normalized spacial score (nSPS) is 10.0. The Labute approximate surface area is 92.6 Å². The summed E-state index contributed by atoms with van der Waals surface area (Å²) in [5, 5.41) is 0.876. The zero-order valence-corrected chi connectivity index (χ0v) is 10.4. The van der Waals surface area contributed by atoms with Gasteiger partial charge in [-0.3, -0.25) is 0 Å². The fourth-order valence-corrected chi connectivity index (χ4v) is 2.93. The van der Waals surface area contributed by atoms with Crippen molar-refractivity contribution in [1.29, 1.82) is 0 Å². The Balaban J connectivity index is 3.31. The van der Waals surface area contributed by atoms with Crippen molar-refractivity contribution in [3.8, 4) is 0 Å². The van der Waals surface area contributed by atoms with Gasteiger partial charge in [0.2, 0.25) is 0 Å². The Morgan fingerprint density at radius 2 is 1.90 bits per heavy atom. The van der Waals surface area contributed by atoms with Gasteiger partial charge in [-0.25, -0.2) is 0 Å². The first kappa shape index (κ1) is 9.06. The fraction of sp³-hybridized carbons (Fsp3) is 0.143. The molecule has 54 valence electrons. The first-order valence-electron chi connectivity index (χ1n) is 2.72. The second-order valence-corrected chi connectivity index (χ2v) is 4.80. The number of hydrogen-bond acceptors (Lipinski definition) is 0. The molecule has 0 bridgehead atoms. The SMILES string of the molecule is Cc1cc(I)cc(I)c1Cl. The van der Waals surface area contributed by atoms with Gasteiger partial charge < -0.3 is 0 Å². The van der Waals surface area contributed by atoms with Crippen molar-refractivity contribution in [3.05, 3.63) is 29.9 Å². The molecule has 0 heterocycles. The molecule has 0 amide bonds. The second-order valence-electron chi connectivity index (χ2n) is 2.02. The number of rotatable bonds is 0. The molecule has 0 fully saturated rings. The van der Waals surface area contributed by atoms with Gasteiger partial charge in [0.1, 0.15) is 0 Å². The lowest BCUT2D eigenvalue weighted by Crippen LogP contribution is -1.81. The Bertz CT molecular complexity index is 235. The molecule has 0 aromatic heterocycles. The molecule has 0 saturated heterocycles. The van der Waals surface area contributed by atoms with Crippen molar-refractivity contribution in [2.75, 3.05) is 0 Å². The topological polar surface area (TPSA) is 0 Å². The highest BCUT2D eigenvalue weighted by atomic mass is 127. The van der Waals surface area contributed by atoms with Crippen molar-refractivity contribution >= 4 is 56.8 Å². The van der Waals surface area contributed by atoms with E-state index in [1.165, 1.54) is 3.57 Å². The van der Waals surface area contributed by atoms with E-state index in [1.54, 1.807) is 0 Å². The van der Waals surface area contributed by atoms with E-state index in [4.69, 9.17) is 11.6 Å². The molecule has 0 aliphatic rings. The van der Waals surface area contributed by atoms with Gasteiger partial charge in [0.25, 0.3) is 0 Å². The Morgan fingerprint density at radius 3 is 2.40 bits per heavy atom. The fourth-order valence-electron chi connectivity index (χ4n) is 0.685. The Kier molecular flexibility index (Phi) is 3.24. The van der Waals surface area contributed by atoms with Crippen molar-refractivity contribution in [1.82, 2.24) is 0 Å². The molecule has 0 atom stereocenters. The summed E-state index contributed by atoms with van der Waals surface area (Å²) < 4.78 is 2.37. The highest BCUT2D eigenvalue weighted by Crippen LogP contribution is 2.24. The van der Waals surface area contributed by atoms with Crippen molar-refractivity contribution < 1.29 is 0 Å². The van der Waals surface area contributed by atoms with Crippen LogP contribution in [0.5, 0.6) is 0 Å². The van der Waals surface area contributed by atoms with E-state index in [-0.39, 0.29) is 0 Å². The molecular formula is C7H5ClI2. The van der Waals surface area contributed by atoms with E-state index in [0.29, 0.717) is 0 Å². The maximum Gasteiger partial charge on any atom is 0.0569 e. The smallest absolute Gasteiger partial charge is 0.0569 e. The molecule has 0 aliphatic heterocycles. The average Bonchev–Trinajstić information content (AvgIpc) is 1.82. The quantitative estimate of drug-likeness (QED) is 0.475. The van der Waals surface area contributed by atoms with Gasteiger partial charge in [0, 0.05) is 7.14 Å². The van der Waals surface area contributed by atoms with E-state index >= 15 is 0 Å². The van der Waals surface area contributed by atoms with E-state index in [9.17, 15) is 0 Å². The van der Waals surface area contributed by atoms with Gasteiger partial charge in [-0.1, -0.05) is 11.6 Å². The molecule has 1 aromatic carbocycles. The molecule has 1 aromatic rings. The molecule has 0 aliphatic carbocycles. The van der Waals surface area contributed by atoms with Crippen LogP contribution in [-0.4, -0.2) is 0 Å². The van der Waals surface area contributed by atoms with Crippen LogP contribution < -0.4 is 0 Å². The lowest BCUT2D eigenvalue weighted by molar-refractivity contribution is 1.42. The summed E-state index contributed by atoms with van der Waals surface area (Å²) in [5.41, 5.74) is 1.15. The zero-order chi connectivity index (χ0) is 7.72. The highest BCUT2D eigenvalue weighted by molar-refractivity contribution is 14.1. The monoisotopic (exact) mass is 378 g/mol. The summed E-state index contributed by atoms with van der Waals surface area (Å²) in [6, 6.07) is 4.14. The lowest BCUT2D eigenvalue weighted by Gasteiger charge is -2.00. The first-order valence-corrected chi connectivity index (χ1v) is 5.26. The van der Waals surface area contributed by atoms with E-state index in [2.05, 4.69) is 57.3 Å². The molecule has 0 N–H and O–H groups in total. The molecular weight excluding hydrogens is 373 g/mol. The number of benzene rings is 1. The van der Waals surface area contributed by atoms with Gasteiger partial charge in [-0.2, -0.15) is 0 Å². The molecule has 0 nitrogen and oxygen atoms in total. The molecule has 10 heavy (non-hydrogen) atoms. The van der Waals surface area contributed by atoms with Crippen LogP contribution in [0.3, 0.4) is 0 Å². The predicted octanol–water partition coefficient (Wildman–Crippen LogP) is 3.86. The lowest BCUT2D eigenvalue weighted by atomic mass is 10.2. The van der Waals surface area contributed by atoms with Gasteiger partial charge in [0.05, 0.1) is 5.02 Å². The van der Waals surface area contributed by atoms with Crippen LogP contribution in [0.2, 0.25) is 5.02 Å². The van der Waals surface area contributed by atoms with E-state index in [1.807, 2.05) is 6.92 Å². The molecule has 0 unspecified atom stereocenters. The molecule has 0 radical (unpaired) electrons. The third-order valence-corrected chi connectivity index (χ3v) is 3.47. The minimum atomic E-state index is 0.876. The summed E-state index contributed by atoms with van der Waals surface area (Å²) in [5.74, 6) is 0. The van der Waals surface area contributed by atoms with Crippen molar-refractivity contribution in [3.63, 3.8) is 0 Å². The summed E-state index contributed by atoms with van der Waals surface area (Å²) in [7, 11) is 0. The molecule has 0 spiro atoms. The van der Waals surface area contributed by atoms with Crippen LogP contribution in [0, 0.1) is 14.1 Å². The highest BCUT2D eigenvalue weighted by Gasteiger charge is 2.00. The van der Waals surface area contributed by atoms with Crippen LogP contribution in [0.25, 0.3) is 0 Å². The Morgan fingerprint density at radius 1 is 1.30 bits per heavy atom. The summed E-state index contributed by atoms with van der Waals surface area (Å²) in [6.07, 6.45) is 0. The third kappa shape index (κ3) is 1.98. The summed E-state index contributed by atoms with van der Waals surface area (Å²) in [6.45, 7) is 2.02. The van der Waals surface area contributed by atoms with Crippen LogP contribution in [0.4, 0.5) is 0 Å². The van der Waals surface area contributed by atoms with Crippen LogP contribution in [-0.2, 0) is 0 Å². The van der Waals surface area contributed by atoms with E-state index < -0.39 is 0 Å². The Hall–Kier alpha value is 0.970. The van der Waals surface area contributed by atoms with Gasteiger partial charge in [-0.05, 0) is 69.8 Å². The van der Waals surface area contributed by atoms with Crippen LogP contribution in [0.15, 0.2) is 12.1 Å². The maximum atomic E-state index is 5.94. The van der Waals surface area contributed by atoms with Crippen LogP contribution >= 0.6 is 56.8 Å². The minimum Gasteiger partial charge on any atom is -0.0829 e. The van der Waals surface area contributed by atoms with Crippen LogP contribution in [0.1, 0.15) is 5.56 Å². The van der Waals surface area contributed by atoms with Gasteiger partial charge in [0.15, 0.2) is 0 Å².